The lowest BCUT2D eigenvalue weighted by atomic mass is 10.4. The van der Waals surface area contributed by atoms with E-state index >= 15 is 0 Å². The van der Waals surface area contributed by atoms with Crippen LogP contribution in [0.2, 0.25) is 0 Å². The normalized spacial score (nSPS) is 17.8. The summed E-state index contributed by atoms with van der Waals surface area (Å²) in [6.07, 6.45) is -3.04. The van der Waals surface area contributed by atoms with Crippen molar-refractivity contribution >= 4 is 5.97 Å². The van der Waals surface area contributed by atoms with Crippen molar-refractivity contribution in [2.24, 2.45) is 0 Å². The smallest absolute Gasteiger partial charge is 0.430 e. The number of carboxylic acid groups (broad SMARTS) is 1. The highest BCUT2D eigenvalue weighted by molar-refractivity contribution is 5.70. The highest BCUT2D eigenvalue weighted by Crippen LogP contribution is 2.11. The minimum absolute atomic E-state index is 0.204. The van der Waals surface area contributed by atoms with Gasteiger partial charge in [-0.05, 0) is 4.48 Å². The molecule has 0 aromatic heterocycles. The molecule has 0 saturated carbocycles. The Morgan fingerprint density at radius 2 is 1.54 bits per heavy atom. The van der Waals surface area contributed by atoms with Crippen LogP contribution in [0.3, 0.4) is 0 Å². The lowest BCUT2D eigenvalue weighted by Crippen LogP contribution is -3.02. The van der Waals surface area contributed by atoms with E-state index in [1.165, 1.54) is 0 Å². The minimum atomic E-state index is -5.19. The van der Waals surface area contributed by atoms with Gasteiger partial charge in [-0.25, -0.2) is 0 Å². The van der Waals surface area contributed by atoms with Crippen LogP contribution in [0, 0.1) is 0 Å². The van der Waals surface area contributed by atoms with Gasteiger partial charge in [0, 0.05) is 12.8 Å². The topological polar surface area (TPSA) is 44.6 Å². The predicted octanol–water partition coefficient (Wildman–Crippen LogP) is -1.15. The van der Waals surface area contributed by atoms with E-state index in [-0.39, 0.29) is 5.12 Å². The highest BCUT2D eigenvalue weighted by atomic mass is 19.4. The lowest BCUT2D eigenvalue weighted by molar-refractivity contribution is -1.03. The van der Waals surface area contributed by atoms with E-state index in [1.807, 2.05) is 0 Å². The summed E-state index contributed by atoms with van der Waals surface area (Å²) in [4.78, 5) is 8.78. The molecule has 0 aliphatic carbocycles. The Labute approximate surface area is 71.9 Å². The fraction of sp³-hybridized carbons (Fsp3) is 0.833. The van der Waals surface area contributed by atoms with Gasteiger partial charge < -0.3 is 9.90 Å². The molecule has 0 amide bonds. The van der Waals surface area contributed by atoms with E-state index in [0.29, 0.717) is 0 Å². The number of quaternary nitrogens is 1. The van der Waals surface area contributed by atoms with Crippen LogP contribution in [-0.4, -0.2) is 25.2 Å². The molecule has 0 atom stereocenters. The van der Waals surface area contributed by atoms with Gasteiger partial charge >= 0.3 is 6.18 Å². The molecule has 0 spiro atoms. The molecule has 1 aliphatic rings. The van der Waals surface area contributed by atoms with Crippen LogP contribution in [0.4, 0.5) is 17.7 Å². The van der Waals surface area contributed by atoms with Crippen molar-refractivity contribution in [1.29, 1.82) is 0 Å². The number of carbonyl (C=O) groups is 1. The Hall–Kier alpha value is -0.850. The summed E-state index contributed by atoms with van der Waals surface area (Å²) in [5.41, 5.74) is 0. The number of carbonyl (C=O) groups excluding carboxylic acids is 1. The molecule has 1 rings (SSSR count). The van der Waals surface area contributed by atoms with E-state index in [2.05, 4.69) is 0 Å². The molecular formula is C6H9F4NO2. The number of nitrogens with one attached hydrogen (secondary N) is 1. The maximum Gasteiger partial charge on any atom is 0.430 e. The lowest BCUT2D eigenvalue weighted by Gasteiger charge is -2.03. The zero-order valence-corrected chi connectivity index (χ0v) is 6.66. The minimum Gasteiger partial charge on any atom is -0.542 e. The maximum atomic E-state index is 11.8. The van der Waals surface area contributed by atoms with Crippen molar-refractivity contribution in [2.45, 2.75) is 19.0 Å². The first-order valence-electron chi connectivity index (χ1n) is 3.62. The van der Waals surface area contributed by atoms with Crippen molar-refractivity contribution in [3.8, 4) is 0 Å². The highest BCUT2D eigenvalue weighted by Gasteiger charge is 2.28. The zero-order valence-electron chi connectivity index (χ0n) is 6.66. The molecule has 1 fully saturated rings. The molecule has 0 unspecified atom stereocenters. The van der Waals surface area contributed by atoms with Gasteiger partial charge in [0.1, 0.15) is 19.1 Å². The first-order chi connectivity index (χ1) is 5.84. The number of rotatable bonds is 0. The predicted molar refractivity (Wildman–Crippen MR) is 32.1 cm³/mol. The van der Waals surface area contributed by atoms with E-state index in [1.54, 1.807) is 0 Å². The summed E-state index contributed by atoms with van der Waals surface area (Å²) < 4.78 is 43.4. The number of aliphatic carboxylic acids is 1. The molecule has 1 N–H and O–H groups in total. The fourth-order valence-electron chi connectivity index (χ4n) is 0.759. The van der Waals surface area contributed by atoms with Crippen LogP contribution >= 0.6 is 0 Å². The number of halogens is 4. The molecule has 0 aromatic rings. The van der Waals surface area contributed by atoms with E-state index in [0.717, 1.165) is 25.9 Å². The number of hydrogen-bond donors (Lipinski definition) is 1. The molecule has 3 nitrogen and oxygen atoms in total. The summed E-state index contributed by atoms with van der Waals surface area (Å²) in [6, 6.07) is 0. The van der Waals surface area contributed by atoms with Gasteiger partial charge in [0.15, 0.2) is 0 Å². The Balaban J connectivity index is 0.000000223. The monoisotopic (exact) mass is 203 g/mol. The summed E-state index contributed by atoms with van der Waals surface area (Å²) >= 11 is 0. The summed E-state index contributed by atoms with van der Waals surface area (Å²) in [5.74, 6) is -3.01. The third-order valence-corrected chi connectivity index (χ3v) is 1.38. The third-order valence-electron chi connectivity index (χ3n) is 1.38. The molecule has 1 saturated heterocycles. The Morgan fingerprint density at radius 3 is 1.62 bits per heavy atom. The van der Waals surface area contributed by atoms with Crippen LogP contribution in [0.5, 0.6) is 0 Å². The second-order valence-corrected chi connectivity index (χ2v) is 2.51. The average molecular weight is 203 g/mol. The molecule has 13 heavy (non-hydrogen) atoms. The second-order valence-electron chi connectivity index (χ2n) is 2.51. The van der Waals surface area contributed by atoms with Crippen LogP contribution in [0.1, 0.15) is 12.8 Å². The molecule has 1 heterocycles. The molecule has 1 aliphatic heterocycles. The average Bonchev–Trinajstić information content (AvgIpc) is 2.38. The van der Waals surface area contributed by atoms with Crippen LogP contribution in [0.15, 0.2) is 0 Å². The van der Waals surface area contributed by atoms with E-state index in [9.17, 15) is 17.7 Å². The standard InChI is InChI=1S/C4H8FN.C2HF3O2/c5-6-3-1-2-4-6;3-2(4,5)1(6)7/h1-4H2;(H,6,7). The Kier molecular flexibility index (Phi) is 4.68. The SMILES string of the molecule is F[NH+]1CCCC1.O=C([O-])C(F)(F)F. The van der Waals surface area contributed by atoms with E-state index in [4.69, 9.17) is 9.90 Å². The van der Waals surface area contributed by atoms with Crippen LogP contribution in [0.25, 0.3) is 0 Å². The largest absolute Gasteiger partial charge is 0.542 e. The number of hydrogen-bond acceptors (Lipinski definition) is 2. The Morgan fingerprint density at radius 1 is 1.23 bits per heavy atom. The molecule has 0 bridgehead atoms. The summed E-state index contributed by atoms with van der Waals surface area (Å²) in [5, 5.41) is 8.99. The second kappa shape index (κ2) is 5.00. The summed E-state index contributed by atoms with van der Waals surface area (Å²) in [7, 11) is 0. The van der Waals surface area contributed by atoms with Gasteiger partial charge in [-0.3, -0.25) is 0 Å². The van der Waals surface area contributed by atoms with Gasteiger partial charge in [0.25, 0.3) is 0 Å². The number of carboxylic acids is 1. The number of alkyl halides is 3. The molecule has 7 heteroatoms. The van der Waals surface area contributed by atoms with Gasteiger partial charge in [-0.2, -0.15) is 13.2 Å². The van der Waals surface area contributed by atoms with Crippen molar-refractivity contribution in [3.05, 3.63) is 0 Å². The van der Waals surface area contributed by atoms with Gasteiger partial charge in [0.05, 0.1) is 0 Å². The molecule has 0 aromatic carbocycles. The first kappa shape index (κ1) is 12.2. The van der Waals surface area contributed by atoms with Crippen molar-refractivity contribution < 1.29 is 32.7 Å². The molecular weight excluding hydrogens is 194 g/mol. The quantitative estimate of drug-likeness (QED) is 0.399. The fourth-order valence-corrected chi connectivity index (χ4v) is 0.759. The van der Waals surface area contributed by atoms with Crippen molar-refractivity contribution in [1.82, 2.24) is 0 Å². The van der Waals surface area contributed by atoms with Crippen LogP contribution < -0.4 is 10.2 Å². The Bertz CT molecular complexity index is 165. The molecule has 78 valence electrons. The third kappa shape index (κ3) is 6.32. The molecule has 0 radical (unpaired) electrons. The van der Waals surface area contributed by atoms with Crippen LogP contribution in [-0.2, 0) is 4.79 Å². The first-order valence-corrected chi connectivity index (χ1v) is 3.62. The van der Waals surface area contributed by atoms with Gasteiger partial charge in [-0.1, -0.05) is 0 Å². The van der Waals surface area contributed by atoms with Crippen molar-refractivity contribution in [3.63, 3.8) is 0 Å². The summed E-state index contributed by atoms with van der Waals surface area (Å²) in [6.45, 7) is 1.47. The van der Waals surface area contributed by atoms with Crippen molar-refractivity contribution in [2.75, 3.05) is 13.1 Å². The van der Waals surface area contributed by atoms with E-state index < -0.39 is 12.1 Å². The zero-order chi connectivity index (χ0) is 10.5. The van der Waals surface area contributed by atoms with Gasteiger partial charge in [-0.15, -0.1) is 5.12 Å². The van der Waals surface area contributed by atoms with Gasteiger partial charge in [0.2, 0.25) is 0 Å². The maximum absolute atomic E-state index is 11.8.